The van der Waals surface area contributed by atoms with Crippen LogP contribution >= 0.6 is 11.6 Å². The summed E-state index contributed by atoms with van der Waals surface area (Å²) >= 11 is 5.28. The maximum atomic E-state index is 12.8. The number of hydrogen-bond acceptors (Lipinski definition) is 2. The Hall–Kier alpha value is -1.09. The van der Waals surface area contributed by atoms with E-state index in [0.717, 1.165) is 12.0 Å². The lowest BCUT2D eigenvalue weighted by Gasteiger charge is -2.20. The largest absolute Gasteiger partial charge is 0.430 e. The molecule has 2 aliphatic rings. The zero-order valence-electron chi connectivity index (χ0n) is 13.0. The van der Waals surface area contributed by atoms with Crippen LogP contribution in [0, 0.1) is 29.1 Å². The fourth-order valence-electron chi connectivity index (χ4n) is 3.35. The van der Waals surface area contributed by atoms with Gasteiger partial charge in [0, 0.05) is 11.8 Å². The van der Waals surface area contributed by atoms with Crippen molar-refractivity contribution in [3.8, 4) is 0 Å². The first-order valence-electron chi connectivity index (χ1n) is 7.28. The molecule has 0 heterocycles. The van der Waals surface area contributed by atoms with Gasteiger partial charge in [0.05, 0.1) is 5.92 Å². The van der Waals surface area contributed by atoms with E-state index in [9.17, 15) is 9.18 Å². The van der Waals surface area contributed by atoms with Crippen LogP contribution in [0.3, 0.4) is 0 Å². The molecule has 0 spiro atoms. The average Bonchev–Trinajstić information content (AvgIpc) is 2.68. The molecule has 3 atom stereocenters. The third-order valence-electron chi connectivity index (χ3n) is 4.67. The number of halogens is 2. The van der Waals surface area contributed by atoms with Crippen molar-refractivity contribution in [1.82, 2.24) is 0 Å². The van der Waals surface area contributed by atoms with E-state index in [2.05, 4.69) is 20.4 Å². The predicted molar refractivity (Wildman–Crippen MR) is 82.1 cm³/mol. The van der Waals surface area contributed by atoms with Gasteiger partial charge in [-0.05, 0) is 29.9 Å². The van der Waals surface area contributed by atoms with Crippen molar-refractivity contribution in [1.29, 1.82) is 0 Å². The SMILES string of the molecule is C=C1CC=C(OC(=O)[C@@H]2[C@@H](C=C(F)Cl)C2(C)C)C1C(C)C. The summed E-state index contributed by atoms with van der Waals surface area (Å²) in [5.41, 5.74) is 0.762. The fraction of sp³-hybridized carbons (Fsp3) is 0.588. The van der Waals surface area contributed by atoms with Gasteiger partial charge in [0.1, 0.15) is 5.76 Å². The molecule has 0 saturated heterocycles. The van der Waals surface area contributed by atoms with Gasteiger partial charge in [-0.25, -0.2) is 0 Å². The zero-order chi connectivity index (χ0) is 15.9. The number of ether oxygens (including phenoxy) is 1. The van der Waals surface area contributed by atoms with E-state index < -0.39 is 5.29 Å². The first-order valence-corrected chi connectivity index (χ1v) is 7.66. The summed E-state index contributed by atoms with van der Waals surface area (Å²) in [5, 5.41) is -0.767. The fourth-order valence-corrected chi connectivity index (χ4v) is 3.48. The van der Waals surface area contributed by atoms with Crippen LogP contribution in [0.15, 0.2) is 35.3 Å². The number of allylic oxidation sites excluding steroid dienone is 3. The van der Waals surface area contributed by atoms with Crippen LogP contribution < -0.4 is 0 Å². The molecule has 0 amide bonds. The molecule has 0 radical (unpaired) electrons. The van der Waals surface area contributed by atoms with Gasteiger partial charge in [-0.2, -0.15) is 4.39 Å². The predicted octanol–water partition coefficient (Wildman–Crippen LogP) is 4.97. The number of rotatable bonds is 4. The summed E-state index contributed by atoms with van der Waals surface area (Å²) < 4.78 is 18.4. The van der Waals surface area contributed by atoms with Crippen molar-refractivity contribution >= 4 is 17.6 Å². The topological polar surface area (TPSA) is 26.3 Å². The molecule has 21 heavy (non-hydrogen) atoms. The molecule has 2 nitrogen and oxygen atoms in total. The molecule has 1 fully saturated rings. The van der Waals surface area contributed by atoms with Gasteiger partial charge in [0.25, 0.3) is 0 Å². The van der Waals surface area contributed by atoms with Crippen LogP contribution in [0.4, 0.5) is 4.39 Å². The van der Waals surface area contributed by atoms with Gasteiger partial charge in [-0.3, -0.25) is 4.79 Å². The normalized spacial score (nSPS) is 31.4. The first kappa shape index (κ1) is 16.3. The highest BCUT2D eigenvalue weighted by Gasteiger charge is 2.62. The highest BCUT2D eigenvalue weighted by atomic mass is 35.5. The van der Waals surface area contributed by atoms with Gasteiger partial charge in [-0.1, -0.05) is 51.4 Å². The Kier molecular flexibility index (Phi) is 4.34. The second-order valence-electron chi connectivity index (χ2n) is 6.89. The Morgan fingerprint density at radius 3 is 2.71 bits per heavy atom. The minimum absolute atomic E-state index is 0.0922. The van der Waals surface area contributed by atoms with Gasteiger partial charge < -0.3 is 4.74 Å². The van der Waals surface area contributed by atoms with Gasteiger partial charge in [0.15, 0.2) is 5.29 Å². The summed E-state index contributed by atoms with van der Waals surface area (Å²) in [4.78, 5) is 12.4. The van der Waals surface area contributed by atoms with Crippen molar-refractivity contribution in [2.45, 2.75) is 34.1 Å². The number of hydrogen-bond donors (Lipinski definition) is 0. The van der Waals surface area contributed by atoms with E-state index in [0.29, 0.717) is 11.7 Å². The lowest BCUT2D eigenvalue weighted by atomic mass is 9.91. The number of carbonyl (C=O) groups is 1. The number of carbonyl (C=O) groups excluding carboxylic acids is 1. The number of esters is 1. The molecule has 2 rings (SSSR count). The van der Waals surface area contributed by atoms with E-state index in [1.165, 1.54) is 6.08 Å². The summed E-state index contributed by atoms with van der Waals surface area (Å²) in [6.45, 7) is 12.0. The summed E-state index contributed by atoms with van der Waals surface area (Å²) in [5.74, 6) is 0.272. The minimum Gasteiger partial charge on any atom is -0.430 e. The van der Waals surface area contributed by atoms with Crippen LogP contribution in [0.25, 0.3) is 0 Å². The maximum Gasteiger partial charge on any atom is 0.315 e. The Morgan fingerprint density at radius 1 is 1.57 bits per heavy atom. The molecule has 0 aromatic heterocycles. The quantitative estimate of drug-likeness (QED) is 0.541. The van der Waals surface area contributed by atoms with E-state index >= 15 is 0 Å². The molecule has 0 aromatic carbocycles. The van der Waals surface area contributed by atoms with E-state index in [4.69, 9.17) is 16.3 Å². The van der Waals surface area contributed by atoms with E-state index in [-0.39, 0.29) is 29.1 Å². The molecule has 0 N–H and O–H groups in total. The zero-order valence-corrected chi connectivity index (χ0v) is 13.7. The van der Waals surface area contributed by atoms with Crippen molar-refractivity contribution in [2.24, 2.45) is 29.1 Å². The van der Waals surface area contributed by atoms with Crippen molar-refractivity contribution in [3.63, 3.8) is 0 Å². The van der Waals surface area contributed by atoms with E-state index in [1.807, 2.05) is 19.9 Å². The average molecular weight is 313 g/mol. The lowest BCUT2D eigenvalue weighted by molar-refractivity contribution is -0.142. The molecule has 116 valence electrons. The molecule has 0 bridgehead atoms. The van der Waals surface area contributed by atoms with Crippen LogP contribution in [0.1, 0.15) is 34.1 Å². The van der Waals surface area contributed by atoms with Crippen molar-refractivity contribution in [3.05, 3.63) is 35.3 Å². The van der Waals surface area contributed by atoms with Gasteiger partial charge in [-0.15, -0.1) is 0 Å². The summed E-state index contributed by atoms with van der Waals surface area (Å²) in [7, 11) is 0. The highest BCUT2D eigenvalue weighted by Crippen LogP contribution is 2.60. The molecule has 1 saturated carbocycles. The second kappa shape index (κ2) is 5.60. The molecule has 2 aliphatic carbocycles. The van der Waals surface area contributed by atoms with Crippen molar-refractivity contribution in [2.75, 3.05) is 0 Å². The Balaban J connectivity index is 2.07. The standard InChI is InChI=1S/C17H22ClFO2/c1-9(2)14-10(3)6-7-12(14)21-16(20)15-11(8-13(18)19)17(15,4)5/h7-9,11,14-15H,3,6H2,1-2,4-5H3/t11-,14?,15+/m1/s1. The molecule has 1 unspecified atom stereocenters. The smallest absolute Gasteiger partial charge is 0.315 e. The first-order chi connectivity index (χ1) is 9.66. The minimum atomic E-state index is -0.767. The molecular formula is C17H22ClFO2. The van der Waals surface area contributed by atoms with Gasteiger partial charge >= 0.3 is 5.97 Å². The summed E-state index contributed by atoms with van der Waals surface area (Å²) in [6, 6.07) is 0. The highest BCUT2D eigenvalue weighted by molar-refractivity contribution is 6.28. The third-order valence-corrected chi connectivity index (χ3v) is 4.79. The Labute approximate surface area is 130 Å². The third kappa shape index (κ3) is 3.08. The van der Waals surface area contributed by atoms with E-state index in [1.54, 1.807) is 0 Å². The van der Waals surface area contributed by atoms with Crippen LogP contribution in [-0.2, 0) is 9.53 Å². The lowest BCUT2D eigenvalue weighted by Crippen LogP contribution is -2.17. The van der Waals surface area contributed by atoms with Crippen LogP contribution in [0.5, 0.6) is 0 Å². The monoisotopic (exact) mass is 312 g/mol. The molecular weight excluding hydrogens is 291 g/mol. The summed E-state index contributed by atoms with van der Waals surface area (Å²) in [6.07, 6.45) is 3.97. The molecule has 0 aliphatic heterocycles. The van der Waals surface area contributed by atoms with Crippen LogP contribution in [-0.4, -0.2) is 5.97 Å². The van der Waals surface area contributed by atoms with Crippen molar-refractivity contribution < 1.29 is 13.9 Å². The van der Waals surface area contributed by atoms with Gasteiger partial charge in [0.2, 0.25) is 0 Å². The molecule has 0 aromatic rings. The van der Waals surface area contributed by atoms with Crippen LogP contribution in [0.2, 0.25) is 0 Å². The maximum absolute atomic E-state index is 12.8. The Morgan fingerprint density at radius 2 is 2.19 bits per heavy atom. The Bertz CT molecular complexity index is 527. The molecule has 4 heteroatoms. The second-order valence-corrected chi connectivity index (χ2v) is 7.25.